The predicted octanol–water partition coefficient (Wildman–Crippen LogP) is 3.77. The molecule has 1 aromatic carbocycles. The fourth-order valence-electron chi connectivity index (χ4n) is 1.49. The minimum Gasteiger partial charge on any atom is -0.497 e. The van der Waals surface area contributed by atoms with E-state index < -0.39 is 0 Å². The van der Waals surface area contributed by atoms with Gasteiger partial charge in [0.1, 0.15) is 5.75 Å². The van der Waals surface area contributed by atoms with E-state index >= 15 is 0 Å². The maximum Gasteiger partial charge on any atom is 0.119 e. The van der Waals surface area contributed by atoms with E-state index in [4.69, 9.17) is 4.74 Å². The third-order valence-corrected chi connectivity index (χ3v) is 2.26. The summed E-state index contributed by atoms with van der Waals surface area (Å²) in [6, 6.07) is 8.23. The van der Waals surface area contributed by atoms with Crippen LogP contribution in [0.5, 0.6) is 5.75 Å². The van der Waals surface area contributed by atoms with E-state index in [1.807, 2.05) is 32.0 Å². The summed E-state index contributed by atoms with van der Waals surface area (Å²) in [4.78, 5) is 3.34. The van der Waals surface area contributed by atoms with Gasteiger partial charge in [0, 0.05) is 16.6 Å². The van der Waals surface area contributed by atoms with Gasteiger partial charge in [-0.1, -0.05) is 20.8 Å². The van der Waals surface area contributed by atoms with Gasteiger partial charge in [-0.15, -0.1) is 0 Å². The molecule has 0 fully saturated rings. The Balaban J connectivity index is 0.000000531. The number of aromatic nitrogens is 1. The van der Waals surface area contributed by atoms with Crippen LogP contribution in [0, 0.1) is 0 Å². The van der Waals surface area contributed by atoms with E-state index in [0.29, 0.717) is 0 Å². The second kappa shape index (κ2) is 5.44. The zero-order chi connectivity index (χ0) is 11.3. The summed E-state index contributed by atoms with van der Waals surface area (Å²) in [5.74, 6) is 0.911. The van der Waals surface area contributed by atoms with Crippen LogP contribution in [0.3, 0.4) is 0 Å². The number of methoxy groups -OCH3 is 1. The molecule has 0 amide bonds. The lowest BCUT2D eigenvalue weighted by Crippen LogP contribution is -1.80. The summed E-state index contributed by atoms with van der Waals surface area (Å²) in [5, 5.41) is 1.22. The van der Waals surface area contributed by atoms with E-state index in [-0.39, 0.29) is 0 Å². The molecule has 15 heavy (non-hydrogen) atoms. The van der Waals surface area contributed by atoms with Gasteiger partial charge in [-0.2, -0.15) is 0 Å². The van der Waals surface area contributed by atoms with Crippen molar-refractivity contribution in [3.05, 3.63) is 30.0 Å². The van der Waals surface area contributed by atoms with E-state index in [2.05, 4.69) is 18.0 Å². The van der Waals surface area contributed by atoms with Gasteiger partial charge in [-0.05, 0) is 30.7 Å². The molecule has 0 saturated heterocycles. The Hall–Kier alpha value is -1.44. The molecule has 0 spiro atoms. The third kappa shape index (κ3) is 2.52. The minimum absolute atomic E-state index is 0.911. The van der Waals surface area contributed by atoms with Crippen LogP contribution in [-0.4, -0.2) is 12.1 Å². The maximum atomic E-state index is 5.15. The van der Waals surface area contributed by atoms with Crippen molar-refractivity contribution in [1.29, 1.82) is 0 Å². The second-order valence-electron chi connectivity index (χ2n) is 3.10. The zero-order valence-electron chi connectivity index (χ0n) is 9.92. The van der Waals surface area contributed by atoms with Gasteiger partial charge in [0.15, 0.2) is 0 Å². The number of hydrogen-bond donors (Lipinski definition) is 1. The summed E-state index contributed by atoms with van der Waals surface area (Å²) < 4.78 is 5.15. The number of aryl methyl sites for hydroxylation is 1. The standard InChI is InChI=1S/C11H13NO.C2H6/c1-3-9-6-8-7-10(13-2)4-5-11(8)12-9;1-2/h4-7,12H,3H2,1-2H3;1-2H3. The Labute approximate surface area is 91.3 Å². The Kier molecular flexibility index (Phi) is 4.22. The average Bonchev–Trinajstić information content (AvgIpc) is 2.73. The number of aromatic amines is 1. The summed E-state index contributed by atoms with van der Waals surface area (Å²) in [5.41, 5.74) is 2.45. The van der Waals surface area contributed by atoms with Gasteiger partial charge in [-0.3, -0.25) is 0 Å². The number of fused-ring (bicyclic) bond motifs is 1. The molecule has 1 N–H and O–H groups in total. The van der Waals surface area contributed by atoms with Crippen molar-refractivity contribution in [2.45, 2.75) is 27.2 Å². The van der Waals surface area contributed by atoms with Gasteiger partial charge in [-0.25, -0.2) is 0 Å². The lowest BCUT2D eigenvalue weighted by atomic mass is 10.2. The van der Waals surface area contributed by atoms with Gasteiger partial charge in [0.2, 0.25) is 0 Å². The van der Waals surface area contributed by atoms with Crippen LogP contribution in [0.2, 0.25) is 0 Å². The van der Waals surface area contributed by atoms with E-state index in [9.17, 15) is 0 Å². The molecule has 82 valence electrons. The van der Waals surface area contributed by atoms with Crippen molar-refractivity contribution >= 4 is 10.9 Å². The van der Waals surface area contributed by atoms with Crippen molar-refractivity contribution in [3.63, 3.8) is 0 Å². The first-order valence-electron chi connectivity index (χ1n) is 5.49. The molecule has 2 rings (SSSR count). The Bertz CT molecular complexity index is 415. The van der Waals surface area contributed by atoms with E-state index in [0.717, 1.165) is 12.2 Å². The summed E-state index contributed by atoms with van der Waals surface area (Å²) in [7, 11) is 1.69. The SMILES string of the molecule is CC.CCc1cc2cc(OC)ccc2[nH]1. The number of nitrogens with one attached hydrogen (secondary N) is 1. The number of H-pyrrole nitrogens is 1. The highest BCUT2D eigenvalue weighted by molar-refractivity contribution is 5.81. The van der Waals surface area contributed by atoms with Crippen molar-refractivity contribution in [1.82, 2.24) is 4.98 Å². The number of rotatable bonds is 2. The van der Waals surface area contributed by atoms with Gasteiger partial charge in [0.25, 0.3) is 0 Å². The molecule has 1 aromatic heterocycles. The van der Waals surface area contributed by atoms with Crippen molar-refractivity contribution in [2.24, 2.45) is 0 Å². The first kappa shape index (κ1) is 11.6. The molecule has 0 aliphatic heterocycles. The van der Waals surface area contributed by atoms with Crippen LogP contribution < -0.4 is 4.74 Å². The fraction of sp³-hybridized carbons (Fsp3) is 0.385. The number of ether oxygens (including phenoxy) is 1. The lowest BCUT2D eigenvalue weighted by Gasteiger charge is -1.97. The Morgan fingerprint density at radius 3 is 2.53 bits per heavy atom. The van der Waals surface area contributed by atoms with Crippen molar-refractivity contribution in [3.8, 4) is 5.75 Å². The molecule has 0 atom stereocenters. The van der Waals surface area contributed by atoms with Gasteiger partial charge in [0.05, 0.1) is 7.11 Å². The Morgan fingerprint density at radius 1 is 1.20 bits per heavy atom. The summed E-state index contributed by atoms with van der Waals surface area (Å²) >= 11 is 0. The molecule has 0 bridgehead atoms. The van der Waals surface area contributed by atoms with Gasteiger partial charge < -0.3 is 9.72 Å². The molecule has 2 aromatic rings. The molecule has 0 saturated carbocycles. The van der Waals surface area contributed by atoms with Crippen LogP contribution in [-0.2, 0) is 6.42 Å². The minimum atomic E-state index is 0.911. The normalized spacial score (nSPS) is 9.60. The second-order valence-corrected chi connectivity index (χ2v) is 3.10. The Morgan fingerprint density at radius 2 is 1.93 bits per heavy atom. The van der Waals surface area contributed by atoms with Crippen LogP contribution in [0.15, 0.2) is 24.3 Å². The highest BCUT2D eigenvalue weighted by Gasteiger charge is 1.99. The first-order valence-corrected chi connectivity index (χ1v) is 5.49. The first-order chi connectivity index (χ1) is 7.33. The highest BCUT2D eigenvalue weighted by atomic mass is 16.5. The molecule has 2 heteroatoms. The monoisotopic (exact) mass is 205 g/mol. The molecule has 0 aliphatic rings. The quantitative estimate of drug-likeness (QED) is 0.793. The third-order valence-electron chi connectivity index (χ3n) is 2.26. The predicted molar refractivity (Wildman–Crippen MR) is 65.6 cm³/mol. The van der Waals surface area contributed by atoms with Crippen molar-refractivity contribution < 1.29 is 4.74 Å². The van der Waals surface area contributed by atoms with Crippen LogP contribution in [0.1, 0.15) is 26.5 Å². The molecule has 1 heterocycles. The van der Waals surface area contributed by atoms with Crippen molar-refractivity contribution in [2.75, 3.05) is 7.11 Å². The lowest BCUT2D eigenvalue weighted by molar-refractivity contribution is 0.415. The molecular formula is C13H19NO. The van der Waals surface area contributed by atoms with E-state index in [1.165, 1.54) is 16.6 Å². The zero-order valence-corrected chi connectivity index (χ0v) is 9.92. The fourth-order valence-corrected chi connectivity index (χ4v) is 1.49. The molecule has 2 nitrogen and oxygen atoms in total. The number of benzene rings is 1. The maximum absolute atomic E-state index is 5.15. The van der Waals surface area contributed by atoms with Crippen LogP contribution >= 0.6 is 0 Å². The van der Waals surface area contributed by atoms with Crippen LogP contribution in [0.25, 0.3) is 10.9 Å². The molecule has 0 aliphatic carbocycles. The molecule has 0 unspecified atom stereocenters. The van der Waals surface area contributed by atoms with Crippen LogP contribution in [0.4, 0.5) is 0 Å². The highest BCUT2D eigenvalue weighted by Crippen LogP contribution is 2.21. The average molecular weight is 205 g/mol. The summed E-state index contributed by atoms with van der Waals surface area (Å²) in [6.45, 7) is 6.14. The largest absolute Gasteiger partial charge is 0.497 e. The number of hydrogen-bond acceptors (Lipinski definition) is 1. The van der Waals surface area contributed by atoms with Gasteiger partial charge >= 0.3 is 0 Å². The molecule has 0 radical (unpaired) electrons. The van der Waals surface area contributed by atoms with E-state index in [1.54, 1.807) is 7.11 Å². The topological polar surface area (TPSA) is 25.0 Å². The summed E-state index contributed by atoms with van der Waals surface area (Å²) in [6.07, 6.45) is 1.04. The smallest absolute Gasteiger partial charge is 0.119 e. The molecular weight excluding hydrogens is 186 g/mol.